The van der Waals surface area contributed by atoms with Crippen molar-refractivity contribution in [2.24, 2.45) is 0 Å². The van der Waals surface area contributed by atoms with Crippen molar-refractivity contribution < 1.29 is 0 Å². The molecule has 0 aromatic heterocycles. The number of benzene rings is 1. The number of anilines is 2. The lowest BCUT2D eigenvalue weighted by Gasteiger charge is -2.18. The number of halogens is 1. The molecule has 0 aliphatic carbocycles. The lowest BCUT2D eigenvalue weighted by atomic mass is 10.1. The first-order chi connectivity index (χ1) is 7.17. The van der Waals surface area contributed by atoms with Crippen LogP contribution < -0.4 is 11.1 Å². The molecule has 0 spiro atoms. The van der Waals surface area contributed by atoms with E-state index in [2.05, 4.69) is 19.2 Å². The summed E-state index contributed by atoms with van der Waals surface area (Å²) in [6, 6.07) is 6.08. The largest absolute Gasteiger partial charge is 0.397 e. The third kappa shape index (κ3) is 3.63. The van der Waals surface area contributed by atoms with Crippen LogP contribution >= 0.6 is 11.6 Å². The summed E-state index contributed by atoms with van der Waals surface area (Å²) >= 11 is 5.84. The molecule has 1 rings (SSSR count). The minimum atomic E-state index is 0.499. The molecule has 0 aliphatic heterocycles. The van der Waals surface area contributed by atoms with E-state index in [0.717, 1.165) is 17.8 Å². The molecule has 3 N–H and O–H groups in total. The predicted molar refractivity (Wildman–Crippen MR) is 68.5 cm³/mol. The van der Waals surface area contributed by atoms with Gasteiger partial charge in [0.1, 0.15) is 0 Å². The highest BCUT2D eigenvalue weighted by Gasteiger charge is 2.06. The SMILES string of the molecule is CCCC(CC)Nc1ccc(Cl)cc1N. The van der Waals surface area contributed by atoms with Gasteiger partial charge in [0.2, 0.25) is 0 Å². The fraction of sp³-hybridized carbons (Fsp3) is 0.500. The molecule has 84 valence electrons. The number of nitrogen functional groups attached to an aromatic ring is 1. The molecule has 1 aromatic rings. The minimum absolute atomic E-state index is 0.499. The van der Waals surface area contributed by atoms with Gasteiger partial charge < -0.3 is 11.1 Å². The van der Waals surface area contributed by atoms with Gasteiger partial charge in [0.05, 0.1) is 11.4 Å². The van der Waals surface area contributed by atoms with Crippen LogP contribution in [0.3, 0.4) is 0 Å². The first kappa shape index (κ1) is 12.2. The van der Waals surface area contributed by atoms with E-state index in [1.807, 2.05) is 12.1 Å². The average molecular weight is 227 g/mol. The van der Waals surface area contributed by atoms with E-state index < -0.39 is 0 Å². The number of nitrogens with two attached hydrogens (primary N) is 1. The van der Waals surface area contributed by atoms with E-state index in [1.165, 1.54) is 12.8 Å². The zero-order chi connectivity index (χ0) is 11.3. The monoisotopic (exact) mass is 226 g/mol. The molecule has 0 fully saturated rings. The van der Waals surface area contributed by atoms with Gasteiger partial charge in [-0.15, -0.1) is 0 Å². The molecule has 3 heteroatoms. The fourth-order valence-corrected chi connectivity index (χ4v) is 1.79. The van der Waals surface area contributed by atoms with E-state index in [4.69, 9.17) is 17.3 Å². The van der Waals surface area contributed by atoms with Gasteiger partial charge in [-0.25, -0.2) is 0 Å². The number of nitrogens with one attached hydrogen (secondary N) is 1. The van der Waals surface area contributed by atoms with Gasteiger partial charge in [0.15, 0.2) is 0 Å². The molecule has 0 saturated heterocycles. The summed E-state index contributed by atoms with van der Waals surface area (Å²) in [4.78, 5) is 0. The molecular formula is C12H19ClN2. The molecule has 0 aliphatic rings. The molecule has 15 heavy (non-hydrogen) atoms. The molecular weight excluding hydrogens is 208 g/mol. The highest BCUT2D eigenvalue weighted by atomic mass is 35.5. The third-order valence-corrected chi connectivity index (χ3v) is 2.74. The van der Waals surface area contributed by atoms with Crippen molar-refractivity contribution in [3.05, 3.63) is 23.2 Å². The summed E-state index contributed by atoms with van der Waals surface area (Å²) in [6.07, 6.45) is 3.45. The van der Waals surface area contributed by atoms with Crippen LogP contribution in [-0.2, 0) is 0 Å². The van der Waals surface area contributed by atoms with Crippen molar-refractivity contribution in [1.29, 1.82) is 0 Å². The van der Waals surface area contributed by atoms with E-state index in [9.17, 15) is 0 Å². The molecule has 0 radical (unpaired) electrons. The number of hydrogen-bond acceptors (Lipinski definition) is 2. The third-order valence-electron chi connectivity index (χ3n) is 2.50. The van der Waals surface area contributed by atoms with Gasteiger partial charge in [-0.05, 0) is 31.0 Å². The van der Waals surface area contributed by atoms with Gasteiger partial charge in [-0.2, -0.15) is 0 Å². The highest BCUT2D eigenvalue weighted by Crippen LogP contribution is 2.24. The Morgan fingerprint density at radius 1 is 1.40 bits per heavy atom. The Bertz CT molecular complexity index is 312. The lowest BCUT2D eigenvalue weighted by Crippen LogP contribution is -2.18. The summed E-state index contributed by atoms with van der Waals surface area (Å²) < 4.78 is 0. The van der Waals surface area contributed by atoms with Crippen molar-refractivity contribution >= 4 is 23.0 Å². The van der Waals surface area contributed by atoms with Crippen LogP contribution in [0.4, 0.5) is 11.4 Å². The average Bonchev–Trinajstić information content (AvgIpc) is 2.21. The summed E-state index contributed by atoms with van der Waals surface area (Å²) in [5.74, 6) is 0. The Morgan fingerprint density at radius 3 is 2.67 bits per heavy atom. The summed E-state index contributed by atoms with van der Waals surface area (Å²) in [6.45, 7) is 4.37. The van der Waals surface area contributed by atoms with Crippen LogP contribution in [0.1, 0.15) is 33.1 Å². The highest BCUT2D eigenvalue weighted by molar-refractivity contribution is 6.31. The summed E-state index contributed by atoms with van der Waals surface area (Å²) in [5, 5.41) is 4.12. The quantitative estimate of drug-likeness (QED) is 0.747. The van der Waals surface area contributed by atoms with Crippen LogP contribution in [0.15, 0.2) is 18.2 Å². The Labute approximate surface area is 96.8 Å². The molecule has 0 bridgehead atoms. The lowest BCUT2D eigenvalue weighted by molar-refractivity contribution is 0.623. The van der Waals surface area contributed by atoms with Gasteiger partial charge in [0.25, 0.3) is 0 Å². The second-order valence-electron chi connectivity index (χ2n) is 3.77. The van der Waals surface area contributed by atoms with E-state index in [0.29, 0.717) is 11.1 Å². The van der Waals surface area contributed by atoms with Crippen LogP contribution in [0, 0.1) is 0 Å². The maximum Gasteiger partial charge on any atom is 0.0577 e. The van der Waals surface area contributed by atoms with Crippen molar-refractivity contribution in [3.63, 3.8) is 0 Å². The van der Waals surface area contributed by atoms with Crippen molar-refractivity contribution in [2.45, 2.75) is 39.2 Å². The Balaban J connectivity index is 2.70. The second kappa shape index (κ2) is 5.86. The summed E-state index contributed by atoms with van der Waals surface area (Å²) in [7, 11) is 0. The van der Waals surface area contributed by atoms with Crippen LogP contribution in [0.2, 0.25) is 5.02 Å². The van der Waals surface area contributed by atoms with Crippen LogP contribution in [0.5, 0.6) is 0 Å². The molecule has 0 amide bonds. The molecule has 0 saturated carbocycles. The number of hydrogen-bond donors (Lipinski definition) is 2. The van der Waals surface area contributed by atoms with Crippen LogP contribution in [0.25, 0.3) is 0 Å². The van der Waals surface area contributed by atoms with E-state index >= 15 is 0 Å². The van der Waals surface area contributed by atoms with Crippen molar-refractivity contribution in [1.82, 2.24) is 0 Å². The van der Waals surface area contributed by atoms with Crippen LogP contribution in [-0.4, -0.2) is 6.04 Å². The standard InChI is InChI=1S/C12H19ClN2/c1-3-5-10(4-2)15-12-7-6-9(13)8-11(12)14/h6-8,10,15H,3-5,14H2,1-2H3. The van der Waals surface area contributed by atoms with Crippen molar-refractivity contribution in [3.8, 4) is 0 Å². The predicted octanol–water partition coefficient (Wildman–Crippen LogP) is 3.91. The zero-order valence-corrected chi connectivity index (χ0v) is 10.1. The van der Waals surface area contributed by atoms with Crippen molar-refractivity contribution in [2.75, 3.05) is 11.1 Å². The summed E-state index contributed by atoms with van der Waals surface area (Å²) in [5.41, 5.74) is 7.58. The normalized spacial score (nSPS) is 12.5. The molecule has 1 aromatic carbocycles. The minimum Gasteiger partial charge on any atom is -0.397 e. The van der Waals surface area contributed by atoms with E-state index in [-0.39, 0.29) is 0 Å². The first-order valence-electron chi connectivity index (χ1n) is 5.49. The molecule has 2 nitrogen and oxygen atoms in total. The second-order valence-corrected chi connectivity index (χ2v) is 4.21. The molecule has 0 heterocycles. The zero-order valence-electron chi connectivity index (χ0n) is 9.39. The molecule has 1 atom stereocenters. The Morgan fingerprint density at radius 2 is 2.13 bits per heavy atom. The smallest absolute Gasteiger partial charge is 0.0577 e. The maximum atomic E-state index is 5.87. The Hall–Kier alpha value is -0.890. The van der Waals surface area contributed by atoms with Gasteiger partial charge in [0, 0.05) is 11.1 Å². The fourth-order valence-electron chi connectivity index (χ4n) is 1.61. The number of rotatable bonds is 5. The van der Waals surface area contributed by atoms with E-state index in [1.54, 1.807) is 6.07 Å². The topological polar surface area (TPSA) is 38.0 Å². The van der Waals surface area contributed by atoms with Gasteiger partial charge in [-0.1, -0.05) is 31.9 Å². The first-order valence-corrected chi connectivity index (χ1v) is 5.86. The van der Waals surface area contributed by atoms with Gasteiger partial charge >= 0.3 is 0 Å². The van der Waals surface area contributed by atoms with Gasteiger partial charge in [-0.3, -0.25) is 0 Å². The molecule has 1 unspecified atom stereocenters. The Kier molecular flexibility index (Phi) is 4.76. The maximum absolute atomic E-state index is 5.87.